The molecular weight excluding hydrogens is 262 g/mol. The lowest BCUT2D eigenvalue weighted by Gasteiger charge is -2.21. The van der Waals surface area contributed by atoms with Crippen LogP contribution < -0.4 is 5.73 Å². The van der Waals surface area contributed by atoms with Gasteiger partial charge in [0.2, 0.25) is 10.0 Å². The van der Waals surface area contributed by atoms with Crippen molar-refractivity contribution in [3.8, 4) is 0 Å². The minimum atomic E-state index is -3.42. The van der Waals surface area contributed by atoms with Crippen LogP contribution in [-0.4, -0.2) is 50.8 Å². The first-order valence-corrected chi connectivity index (χ1v) is 7.85. The van der Waals surface area contributed by atoms with Gasteiger partial charge in [0.05, 0.1) is 4.90 Å². The van der Waals surface area contributed by atoms with Gasteiger partial charge in [0.15, 0.2) is 0 Å². The van der Waals surface area contributed by atoms with Gasteiger partial charge in [-0.1, -0.05) is 18.2 Å². The number of hydrogen-bond donors (Lipinski definition) is 1. The molecule has 0 radical (unpaired) electrons. The first kappa shape index (κ1) is 14.5. The number of benzene rings is 1. The molecule has 106 valence electrons. The highest BCUT2D eigenvalue weighted by molar-refractivity contribution is 7.89. The summed E-state index contributed by atoms with van der Waals surface area (Å²) in [6.07, 6.45) is 0.872. The SMILES string of the molecule is CN(C)C1CCN(S(=O)(=O)c2ccccc2CN)C1. The molecule has 1 saturated heterocycles. The van der Waals surface area contributed by atoms with Crippen LogP contribution in [0, 0.1) is 0 Å². The van der Waals surface area contributed by atoms with Crippen molar-refractivity contribution >= 4 is 10.0 Å². The fourth-order valence-electron chi connectivity index (χ4n) is 2.41. The van der Waals surface area contributed by atoms with Crippen LogP contribution in [0.15, 0.2) is 29.2 Å². The van der Waals surface area contributed by atoms with Crippen LogP contribution in [0.5, 0.6) is 0 Å². The van der Waals surface area contributed by atoms with Crippen molar-refractivity contribution in [2.45, 2.75) is 23.9 Å². The fraction of sp³-hybridized carbons (Fsp3) is 0.538. The van der Waals surface area contributed by atoms with Crippen LogP contribution in [0.4, 0.5) is 0 Å². The number of hydrogen-bond acceptors (Lipinski definition) is 4. The van der Waals surface area contributed by atoms with E-state index in [2.05, 4.69) is 4.90 Å². The second-order valence-corrected chi connectivity index (χ2v) is 6.99. The normalized spacial score (nSPS) is 21.2. The number of likely N-dealkylation sites (N-methyl/N-ethyl adjacent to an activating group) is 1. The largest absolute Gasteiger partial charge is 0.326 e. The summed E-state index contributed by atoms with van der Waals surface area (Å²) >= 11 is 0. The van der Waals surface area contributed by atoms with E-state index in [0.717, 1.165) is 6.42 Å². The number of nitrogens with two attached hydrogens (primary N) is 1. The summed E-state index contributed by atoms with van der Waals surface area (Å²) in [4.78, 5) is 2.42. The zero-order chi connectivity index (χ0) is 14.0. The van der Waals surface area contributed by atoms with Gasteiger partial charge in [0.25, 0.3) is 0 Å². The molecule has 0 bridgehead atoms. The standard InChI is InChI=1S/C13H21N3O2S/c1-15(2)12-7-8-16(10-12)19(17,18)13-6-4-3-5-11(13)9-14/h3-6,12H,7-10,14H2,1-2H3. The summed E-state index contributed by atoms with van der Waals surface area (Å²) in [6.45, 7) is 1.36. The van der Waals surface area contributed by atoms with E-state index in [1.165, 1.54) is 0 Å². The van der Waals surface area contributed by atoms with Crippen LogP contribution in [0.1, 0.15) is 12.0 Å². The molecule has 5 nitrogen and oxygen atoms in total. The Balaban J connectivity index is 2.29. The third-order valence-corrected chi connectivity index (χ3v) is 5.63. The van der Waals surface area contributed by atoms with Gasteiger partial charge in [-0.15, -0.1) is 0 Å². The van der Waals surface area contributed by atoms with Crippen molar-refractivity contribution in [3.05, 3.63) is 29.8 Å². The van der Waals surface area contributed by atoms with Crippen LogP contribution in [0.3, 0.4) is 0 Å². The summed E-state index contributed by atoms with van der Waals surface area (Å²) in [5.41, 5.74) is 6.31. The Morgan fingerprint density at radius 2 is 2.05 bits per heavy atom. The van der Waals surface area contributed by atoms with Gasteiger partial charge in [-0.05, 0) is 32.1 Å². The lowest BCUT2D eigenvalue weighted by Crippen LogP contribution is -2.35. The van der Waals surface area contributed by atoms with Crippen molar-refractivity contribution in [1.29, 1.82) is 0 Å². The molecule has 19 heavy (non-hydrogen) atoms. The van der Waals surface area contributed by atoms with E-state index < -0.39 is 10.0 Å². The highest BCUT2D eigenvalue weighted by Gasteiger charge is 2.34. The van der Waals surface area contributed by atoms with Crippen LogP contribution >= 0.6 is 0 Å². The minimum Gasteiger partial charge on any atom is -0.326 e. The smallest absolute Gasteiger partial charge is 0.243 e. The molecule has 1 heterocycles. The Kier molecular flexibility index (Phi) is 4.25. The Hall–Kier alpha value is -0.950. The zero-order valence-corrected chi connectivity index (χ0v) is 12.2. The molecule has 0 saturated carbocycles. The molecule has 0 spiro atoms. The molecule has 1 aliphatic heterocycles. The Labute approximate surface area is 115 Å². The quantitative estimate of drug-likeness (QED) is 0.872. The lowest BCUT2D eigenvalue weighted by atomic mass is 10.2. The molecular formula is C13H21N3O2S. The van der Waals surface area contributed by atoms with Crippen LogP contribution in [0.2, 0.25) is 0 Å². The number of rotatable bonds is 4. The molecule has 0 amide bonds. The zero-order valence-electron chi connectivity index (χ0n) is 11.4. The minimum absolute atomic E-state index is 0.236. The molecule has 0 aliphatic carbocycles. The second kappa shape index (κ2) is 5.58. The Morgan fingerprint density at radius 1 is 1.37 bits per heavy atom. The summed E-state index contributed by atoms with van der Waals surface area (Å²) in [6, 6.07) is 7.26. The third kappa shape index (κ3) is 2.81. The van der Waals surface area contributed by atoms with Crippen molar-refractivity contribution in [1.82, 2.24) is 9.21 Å². The van der Waals surface area contributed by atoms with E-state index in [9.17, 15) is 8.42 Å². The van der Waals surface area contributed by atoms with Crippen LogP contribution in [-0.2, 0) is 16.6 Å². The molecule has 2 N–H and O–H groups in total. The Bertz CT molecular complexity index is 543. The first-order valence-electron chi connectivity index (χ1n) is 6.41. The van der Waals surface area contributed by atoms with Gasteiger partial charge in [-0.25, -0.2) is 8.42 Å². The average Bonchev–Trinajstić information content (AvgIpc) is 2.89. The third-order valence-electron chi connectivity index (χ3n) is 3.67. The summed E-state index contributed by atoms with van der Waals surface area (Å²) in [5.74, 6) is 0. The van der Waals surface area contributed by atoms with Gasteiger partial charge in [0.1, 0.15) is 0 Å². The molecule has 1 aromatic rings. The lowest BCUT2D eigenvalue weighted by molar-refractivity contribution is 0.302. The second-order valence-electron chi connectivity index (χ2n) is 5.08. The summed E-state index contributed by atoms with van der Waals surface area (Å²) < 4.78 is 26.8. The van der Waals surface area contributed by atoms with E-state index in [1.807, 2.05) is 20.2 Å². The van der Waals surface area contributed by atoms with Gasteiger partial charge in [-0.2, -0.15) is 4.31 Å². The fourth-order valence-corrected chi connectivity index (χ4v) is 4.14. The maximum absolute atomic E-state index is 12.6. The molecule has 6 heteroatoms. The Morgan fingerprint density at radius 3 is 2.63 bits per heavy atom. The monoisotopic (exact) mass is 283 g/mol. The maximum Gasteiger partial charge on any atom is 0.243 e. The van der Waals surface area contributed by atoms with Crippen molar-refractivity contribution in [2.75, 3.05) is 27.2 Å². The van der Waals surface area contributed by atoms with Crippen molar-refractivity contribution in [3.63, 3.8) is 0 Å². The van der Waals surface area contributed by atoms with E-state index in [4.69, 9.17) is 5.73 Å². The molecule has 1 atom stereocenters. The van der Waals surface area contributed by atoms with E-state index in [-0.39, 0.29) is 6.54 Å². The average molecular weight is 283 g/mol. The molecule has 1 unspecified atom stereocenters. The van der Waals surface area contributed by atoms with Gasteiger partial charge >= 0.3 is 0 Å². The van der Waals surface area contributed by atoms with Crippen molar-refractivity contribution in [2.24, 2.45) is 5.73 Å². The van der Waals surface area contributed by atoms with Gasteiger partial charge < -0.3 is 10.6 Å². The molecule has 1 aromatic carbocycles. The predicted octanol–water partition coefficient (Wildman–Crippen LogP) is 0.470. The van der Waals surface area contributed by atoms with Crippen molar-refractivity contribution < 1.29 is 8.42 Å². The topological polar surface area (TPSA) is 66.6 Å². The predicted molar refractivity (Wildman–Crippen MR) is 75.2 cm³/mol. The first-order chi connectivity index (χ1) is 8.96. The molecule has 0 aromatic heterocycles. The highest BCUT2D eigenvalue weighted by Crippen LogP contribution is 2.24. The van der Waals surface area contributed by atoms with E-state index in [1.54, 1.807) is 22.5 Å². The molecule has 1 fully saturated rings. The van der Waals surface area contributed by atoms with E-state index in [0.29, 0.717) is 29.6 Å². The van der Waals surface area contributed by atoms with Gasteiger partial charge in [0, 0.05) is 25.7 Å². The summed E-state index contributed by atoms with van der Waals surface area (Å²) in [5, 5.41) is 0. The molecule has 1 aliphatic rings. The number of sulfonamides is 1. The molecule has 2 rings (SSSR count). The summed E-state index contributed by atoms with van der Waals surface area (Å²) in [7, 11) is 0.540. The number of nitrogens with zero attached hydrogens (tertiary/aromatic N) is 2. The van der Waals surface area contributed by atoms with Crippen LogP contribution in [0.25, 0.3) is 0 Å². The highest BCUT2D eigenvalue weighted by atomic mass is 32.2. The van der Waals surface area contributed by atoms with Gasteiger partial charge in [-0.3, -0.25) is 0 Å². The van der Waals surface area contributed by atoms with E-state index >= 15 is 0 Å². The maximum atomic E-state index is 12.6.